The van der Waals surface area contributed by atoms with Gasteiger partial charge in [-0.1, -0.05) is 11.6 Å². The van der Waals surface area contributed by atoms with E-state index in [4.69, 9.17) is 11.6 Å². The van der Waals surface area contributed by atoms with Crippen LogP contribution in [0.15, 0.2) is 30.3 Å². The summed E-state index contributed by atoms with van der Waals surface area (Å²) in [5.74, 6) is 1.21. The number of rotatable bonds is 5. The van der Waals surface area contributed by atoms with Gasteiger partial charge in [0, 0.05) is 68.2 Å². The number of nitrogens with one attached hydrogen (secondary N) is 1. The lowest BCUT2D eigenvalue weighted by Crippen LogP contribution is -2.51. The monoisotopic (exact) mass is 442 g/mol. The van der Waals surface area contributed by atoms with E-state index in [1.165, 1.54) is 0 Å². The van der Waals surface area contributed by atoms with Crippen molar-refractivity contribution in [2.24, 2.45) is 5.92 Å². The van der Waals surface area contributed by atoms with Crippen LogP contribution in [0.25, 0.3) is 0 Å². The van der Waals surface area contributed by atoms with Gasteiger partial charge in [0.15, 0.2) is 0 Å². The summed E-state index contributed by atoms with van der Waals surface area (Å²) >= 11 is 5.94. The molecule has 4 rings (SSSR count). The maximum atomic E-state index is 13.1. The van der Waals surface area contributed by atoms with Gasteiger partial charge in [0.05, 0.1) is 5.92 Å². The first-order chi connectivity index (χ1) is 14.9. The Morgan fingerprint density at radius 3 is 2.55 bits per heavy atom. The van der Waals surface area contributed by atoms with Crippen molar-refractivity contribution in [1.82, 2.24) is 14.9 Å². The number of halogens is 1. The number of aryl methyl sites for hydroxylation is 1. The first-order valence-corrected chi connectivity index (χ1v) is 11.0. The topological polar surface area (TPSA) is 81.7 Å². The maximum absolute atomic E-state index is 13.1. The molecule has 0 radical (unpaired) electrons. The highest BCUT2D eigenvalue weighted by atomic mass is 35.5. The quantitative estimate of drug-likeness (QED) is 0.766. The molecule has 0 aliphatic carbocycles. The molecule has 3 heterocycles. The first kappa shape index (κ1) is 21.4. The summed E-state index contributed by atoms with van der Waals surface area (Å²) < 4.78 is 0. The van der Waals surface area contributed by atoms with Crippen molar-refractivity contribution in [3.8, 4) is 0 Å². The maximum Gasteiger partial charge on any atom is 0.228 e. The van der Waals surface area contributed by atoms with Crippen molar-refractivity contribution in [2.45, 2.75) is 20.3 Å². The Balaban J connectivity index is 1.36. The SMILES string of the molecule is CCNc1cc(C)nc(N2CCN(C(=O)C3CC(=O)N(c4ccc(Cl)cc4)C3)CC2)n1. The molecule has 9 heteroatoms. The Morgan fingerprint density at radius 2 is 1.87 bits per heavy atom. The minimum absolute atomic E-state index is 0.0246. The summed E-state index contributed by atoms with van der Waals surface area (Å²) in [5.41, 5.74) is 1.69. The number of aromatic nitrogens is 2. The molecule has 1 unspecified atom stereocenters. The van der Waals surface area contributed by atoms with E-state index >= 15 is 0 Å². The summed E-state index contributed by atoms with van der Waals surface area (Å²) in [6.45, 7) is 7.72. The number of hydrogen-bond acceptors (Lipinski definition) is 6. The Bertz CT molecular complexity index is 959. The number of carbonyl (C=O) groups excluding carboxylic acids is 2. The lowest BCUT2D eigenvalue weighted by atomic mass is 10.1. The number of piperazine rings is 1. The molecule has 1 aromatic heterocycles. The molecular weight excluding hydrogens is 416 g/mol. The van der Waals surface area contributed by atoms with Crippen LogP contribution in [0.4, 0.5) is 17.5 Å². The number of hydrogen-bond donors (Lipinski definition) is 1. The zero-order valence-corrected chi connectivity index (χ0v) is 18.6. The van der Waals surface area contributed by atoms with Crippen LogP contribution in [-0.4, -0.2) is 66.0 Å². The molecule has 1 atom stereocenters. The number of benzene rings is 1. The highest BCUT2D eigenvalue weighted by molar-refractivity contribution is 6.30. The third-order valence-electron chi connectivity index (χ3n) is 5.69. The fourth-order valence-corrected chi connectivity index (χ4v) is 4.22. The lowest BCUT2D eigenvalue weighted by Gasteiger charge is -2.36. The van der Waals surface area contributed by atoms with Crippen LogP contribution in [0.1, 0.15) is 19.0 Å². The highest BCUT2D eigenvalue weighted by Crippen LogP contribution is 2.28. The second-order valence-corrected chi connectivity index (χ2v) is 8.36. The molecular formula is C22H27ClN6O2. The normalized spacial score (nSPS) is 19.1. The van der Waals surface area contributed by atoms with Crippen molar-refractivity contribution in [3.05, 3.63) is 41.0 Å². The molecule has 0 bridgehead atoms. The number of amides is 2. The molecule has 31 heavy (non-hydrogen) atoms. The standard InChI is InChI=1S/C22H27ClN6O2/c1-3-24-19-12-15(2)25-22(26-19)28-10-8-27(9-11-28)21(31)16-13-20(30)29(14-16)18-6-4-17(23)5-7-18/h4-7,12,16H,3,8-11,13-14H2,1-2H3,(H,24,25,26). The zero-order chi connectivity index (χ0) is 22.0. The summed E-state index contributed by atoms with van der Waals surface area (Å²) in [5, 5.41) is 3.85. The van der Waals surface area contributed by atoms with E-state index in [0.29, 0.717) is 43.7 Å². The molecule has 0 spiro atoms. The Labute approximate surface area is 187 Å². The van der Waals surface area contributed by atoms with Gasteiger partial charge in [-0.3, -0.25) is 9.59 Å². The van der Waals surface area contributed by atoms with Gasteiger partial charge in [-0.2, -0.15) is 4.98 Å². The molecule has 1 N–H and O–H groups in total. The number of nitrogens with zero attached hydrogens (tertiary/aromatic N) is 5. The molecule has 164 valence electrons. The number of carbonyl (C=O) groups is 2. The summed E-state index contributed by atoms with van der Waals surface area (Å²) in [7, 11) is 0. The van der Waals surface area contributed by atoms with E-state index in [2.05, 4.69) is 20.2 Å². The fraction of sp³-hybridized carbons (Fsp3) is 0.455. The Morgan fingerprint density at radius 1 is 1.16 bits per heavy atom. The van der Waals surface area contributed by atoms with Crippen molar-refractivity contribution >= 4 is 40.9 Å². The highest BCUT2D eigenvalue weighted by Gasteiger charge is 2.38. The largest absolute Gasteiger partial charge is 0.370 e. The first-order valence-electron chi connectivity index (χ1n) is 10.6. The van der Waals surface area contributed by atoms with Gasteiger partial charge >= 0.3 is 0 Å². The van der Waals surface area contributed by atoms with Crippen molar-refractivity contribution < 1.29 is 9.59 Å². The van der Waals surface area contributed by atoms with Crippen LogP contribution >= 0.6 is 11.6 Å². The average Bonchev–Trinajstić information content (AvgIpc) is 3.15. The Kier molecular flexibility index (Phi) is 6.27. The van der Waals surface area contributed by atoms with E-state index in [9.17, 15) is 9.59 Å². The second kappa shape index (κ2) is 9.09. The van der Waals surface area contributed by atoms with Gasteiger partial charge in [-0.25, -0.2) is 4.98 Å². The van der Waals surface area contributed by atoms with Crippen LogP contribution < -0.4 is 15.1 Å². The minimum atomic E-state index is -0.315. The second-order valence-electron chi connectivity index (χ2n) is 7.92. The smallest absolute Gasteiger partial charge is 0.228 e. The lowest BCUT2D eigenvalue weighted by molar-refractivity contribution is -0.136. The average molecular weight is 443 g/mol. The summed E-state index contributed by atoms with van der Waals surface area (Å²) in [6, 6.07) is 9.07. The van der Waals surface area contributed by atoms with Gasteiger partial charge < -0.3 is 20.0 Å². The fourth-order valence-electron chi connectivity index (χ4n) is 4.09. The zero-order valence-electron chi connectivity index (χ0n) is 17.8. The molecule has 2 amide bonds. The van der Waals surface area contributed by atoms with Crippen molar-refractivity contribution in [3.63, 3.8) is 0 Å². The Hall–Kier alpha value is -2.87. The van der Waals surface area contributed by atoms with Crippen LogP contribution in [0.2, 0.25) is 5.02 Å². The van der Waals surface area contributed by atoms with E-state index in [-0.39, 0.29) is 24.2 Å². The molecule has 1 aromatic carbocycles. The molecule has 2 aromatic rings. The van der Waals surface area contributed by atoms with Gasteiger partial charge in [-0.05, 0) is 38.1 Å². The minimum Gasteiger partial charge on any atom is -0.370 e. The van der Waals surface area contributed by atoms with Crippen molar-refractivity contribution in [1.29, 1.82) is 0 Å². The van der Waals surface area contributed by atoms with Gasteiger partial charge in [-0.15, -0.1) is 0 Å². The summed E-state index contributed by atoms with van der Waals surface area (Å²) in [6.07, 6.45) is 0.245. The van der Waals surface area contributed by atoms with E-state index in [1.54, 1.807) is 17.0 Å². The predicted molar refractivity (Wildman–Crippen MR) is 122 cm³/mol. The summed E-state index contributed by atoms with van der Waals surface area (Å²) in [4.78, 5) is 40.4. The molecule has 2 aliphatic rings. The molecule has 2 fully saturated rings. The molecule has 2 saturated heterocycles. The third-order valence-corrected chi connectivity index (χ3v) is 5.94. The third kappa shape index (κ3) is 4.74. The van der Waals surface area contributed by atoms with Crippen LogP contribution in [0.3, 0.4) is 0 Å². The molecule has 8 nitrogen and oxygen atoms in total. The van der Waals surface area contributed by atoms with Crippen molar-refractivity contribution in [2.75, 3.05) is 54.4 Å². The predicted octanol–water partition coefficient (Wildman–Crippen LogP) is 2.57. The molecule has 2 aliphatic heterocycles. The van der Waals surface area contributed by atoms with E-state index in [1.807, 2.05) is 36.9 Å². The van der Waals surface area contributed by atoms with E-state index in [0.717, 1.165) is 23.7 Å². The van der Waals surface area contributed by atoms with Gasteiger partial charge in [0.25, 0.3) is 0 Å². The van der Waals surface area contributed by atoms with E-state index < -0.39 is 0 Å². The molecule has 0 saturated carbocycles. The number of anilines is 3. The van der Waals surface area contributed by atoms with Crippen LogP contribution in [0, 0.1) is 12.8 Å². The van der Waals surface area contributed by atoms with Crippen LogP contribution in [0.5, 0.6) is 0 Å². The van der Waals surface area contributed by atoms with Gasteiger partial charge in [0.2, 0.25) is 17.8 Å². The van der Waals surface area contributed by atoms with Crippen LogP contribution in [-0.2, 0) is 9.59 Å². The van der Waals surface area contributed by atoms with Gasteiger partial charge in [0.1, 0.15) is 5.82 Å².